The summed E-state index contributed by atoms with van der Waals surface area (Å²) in [6, 6.07) is 19.3. The lowest BCUT2D eigenvalue weighted by molar-refractivity contribution is 0.0751. The van der Waals surface area contributed by atoms with Gasteiger partial charge in [-0.1, -0.05) is 50.2 Å². The largest absolute Gasteiger partial charge is 0.366 e. The molecule has 0 aliphatic carbocycles. The summed E-state index contributed by atoms with van der Waals surface area (Å²) in [7, 11) is 0. The van der Waals surface area contributed by atoms with Crippen molar-refractivity contribution < 1.29 is 4.79 Å². The zero-order valence-corrected chi connectivity index (χ0v) is 20.7. The SMILES string of the molecule is CC.N#Cc1c(N2CCN(C(=O)c3cccs3)CC2)c2cccnc2n(Cc2ccccc2)c1=O. The van der Waals surface area contributed by atoms with Crippen LogP contribution in [-0.4, -0.2) is 46.5 Å². The monoisotopic (exact) mass is 485 g/mol. The van der Waals surface area contributed by atoms with E-state index in [0.717, 1.165) is 15.8 Å². The normalized spacial score (nSPS) is 13.2. The predicted molar refractivity (Wildman–Crippen MR) is 140 cm³/mol. The first-order valence-corrected chi connectivity index (χ1v) is 12.6. The molecular formula is C27H27N5O2S. The molecular weight excluding hydrogens is 458 g/mol. The van der Waals surface area contributed by atoms with Crippen LogP contribution in [0.15, 0.2) is 71.0 Å². The molecule has 1 amide bonds. The molecule has 5 rings (SSSR count). The number of hydrogen-bond acceptors (Lipinski definition) is 6. The molecule has 1 fully saturated rings. The fourth-order valence-corrected chi connectivity index (χ4v) is 4.99. The van der Waals surface area contributed by atoms with Crippen LogP contribution in [0.4, 0.5) is 5.69 Å². The highest BCUT2D eigenvalue weighted by Crippen LogP contribution is 2.29. The molecule has 0 radical (unpaired) electrons. The minimum absolute atomic E-state index is 0.0231. The average molecular weight is 486 g/mol. The van der Waals surface area contributed by atoms with Gasteiger partial charge < -0.3 is 9.80 Å². The number of thiophene rings is 1. The third kappa shape index (κ3) is 4.81. The quantitative estimate of drug-likeness (QED) is 0.429. The van der Waals surface area contributed by atoms with Gasteiger partial charge in [-0.3, -0.25) is 14.2 Å². The van der Waals surface area contributed by atoms with E-state index in [-0.39, 0.29) is 17.0 Å². The van der Waals surface area contributed by atoms with E-state index in [1.54, 1.807) is 10.8 Å². The summed E-state index contributed by atoms with van der Waals surface area (Å²) >= 11 is 1.43. The summed E-state index contributed by atoms with van der Waals surface area (Å²) in [4.78, 5) is 35.2. The van der Waals surface area contributed by atoms with Gasteiger partial charge in [0, 0.05) is 37.8 Å². The van der Waals surface area contributed by atoms with E-state index in [9.17, 15) is 14.9 Å². The molecule has 4 heterocycles. The molecule has 178 valence electrons. The Morgan fingerprint density at radius 1 is 1.03 bits per heavy atom. The number of carbonyl (C=O) groups is 1. The van der Waals surface area contributed by atoms with Crippen molar-refractivity contribution in [1.29, 1.82) is 5.26 Å². The number of aromatic nitrogens is 2. The fraction of sp³-hybridized carbons (Fsp3) is 0.259. The molecule has 4 aromatic rings. The zero-order valence-electron chi connectivity index (χ0n) is 19.8. The first kappa shape index (κ1) is 24.2. The van der Waals surface area contributed by atoms with Crippen LogP contribution in [-0.2, 0) is 6.54 Å². The van der Waals surface area contributed by atoms with Crippen LogP contribution in [0.5, 0.6) is 0 Å². The highest BCUT2D eigenvalue weighted by atomic mass is 32.1. The van der Waals surface area contributed by atoms with Gasteiger partial charge >= 0.3 is 0 Å². The first-order valence-electron chi connectivity index (χ1n) is 11.7. The van der Waals surface area contributed by atoms with Crippen LogP contribution in [0.1, 0.15) is 34.6 Å². The molecule has 1 aliphatic rings. The van der Waals surface area contributed by atoms with Gasteiger partial charge in [-0.05, 0) is 29.1 Å². The van der Waals surface area contributed by atoms with Crippen molar-refractivity contribution >= 4 is 34.0 Å². The van der Waals surface area contributed by atoms with Crippen molar-refractivity contribution in [3.63, 3.8) is 0 Å². The molecule has 1 saturated heterocycles. The lowest BCUT2D eigenvalue weighted by atomic mass is 10.1. The predicted octanol–water partition coefficient (Wildman–Crippen LogP) is 4.37. The Morgan fingerprint density at radius 3 is 2.43 bits per heavy atom. The number of benzene rings is 1. The third-order valence-electron chi connectivity index (χ3n) is 5.90. The second-order valence-electron chi connectivity index (χ2n) is 7.84. The Labute approximate surface area is 208 Å². The summed E-state index contributed by atoms with van der Waals surface area (Å²) < 4.78 is 1.57. The van der Waals surface area contributed by atoms with Crippen molar-refractivity contribution in [2.45, 2.75) is 20.4 Å². The smallest absolute Gasteiger partial charge is 0.272 e. The standard InChI is InChI=1S/C25H21N5O2S.C2H6/c26-16-20-22(28-11-13-29(14-12-28)25(32)21-9-5-15-33-21)19-8-4-10-27-23(19)30(24(20)31)17-18-6-2-1-3-7-18;1-2/h1-10,15H,11-14,17H2;1-2H3. The van der Waals surface area contributed by atoms with Gasteiger partial charge in [-0.15, -0.1) is 11.3 Å². The van der Waals surface area contributed by atoms with E-state index < -0.39 is 0 Å². The van der Waals surface area contributed by atoms with Gasteiger partial charge in [-0.25, -0.2) is 4.98 Å². The summed E-state index contributed by atoms with van der Waals surface area (Å²) in [5, 5.41) is 12.6. The first-order chi connectivity index (χ1) is 17.2. The van der Waals surface area contributed by atoms with Crippen molar-refractivity contribution in [3.05, 3.63) is 92.5 Å². The molecule has 1 aromatic carbocycles. The second-order valence-corrected chi connectivity index (χ2v) is 8.79. The summed E-state index contributed by atoms with van der Waals surface area (Å²) in [6.07, 6.45) is 1.66. The summed E-state index contributed by atoms with van der Waals surface area (Å²) in [6.45, 7) is 6.47. The van der Waals surface area contributed by atoms with Crippen LogP contribution in [0, 0.1) is 11.3 Å². The van der Waals surface area contributed by atoms with Crippen LogP contribution in [0.2, 0.25) is 0 Å². The lowest BCUT2D eigenvalue weighted by Crippen LogP contribution is -2.49. The average Bonchev–Trinajstić information content (AvgIpc) is 3.46. The molecule has 3 aromatic heterocycles. The van der Waals surface area contributed by atoms with E-state index in [1.807, 2.05) is 83.6 Å². The number of piperazine rings is 1. The fourth-order valence-electron chi connectivity index (χ4n) is 4.30. The number of rotatable bonds is 4. The molecule has 0 bridgehead atoms. The number of carbonyl (C=O) groups excluding carboxylic acids is 1. The second kappa shape index (κ2) is 11.0. The maximum absolute atomic E-state index is 13.4. The topological polar surface area (TPSA) is 82.2 Å². The van der Waals surface area contributed by atoms with Gasteiger partial charge in [0.05, 0.1) is 17.1 Å². The Bertz CT molecular complexity index is 1400. The Morgan fingerprint density at radius 2 is 1.77 bits per heavy atom. The molecule has 0 saturated carbocycles. The molecule has 0 unspecified atom stereocenters. The van der Waals surface area contributed by atoms with Crippen LogP contribution >= 0.6 is 11.3 Å². The van der Waals surface area contributed by atoms with Crippen molar-refractivity contribution in [2.24, 2.45) is 0 Å². The molecule has 0 spiro atoms. The Balaban J connectivity index is 0.00000141. The third-order valence-corrected chi connectivity index (χ3v) is 6.76. The lowest BCUT2D eigenvalue weighted by Gasteiger charge is -2.36. The maximum atomic E-state index is 13.4. The van der Waals surface area contributed by atoms with E-state index >= 15 is 0 Å². The van der Waals surface area contributed by atoms with Crippen LogP contribution in [0.3, 0.4) is 0 Å². The van der Waals surface area contributed by atoms with E-state index in [0.29, 0.717) is 44.1 Å². The summed E-state index contributed by atoms with van der Waals surface area (Å²) in [5.41, 5.74) is 1.89. The van der Waals surface area contributed by atoms with Crippen molar-refractivity contribution in [2.75, 3.05) is 31.1 Å². The summed E-state index contributed by atoms with van der Waals surface area (Å²) in [5.74, 6) is 0.0231. The van der Waals surface area contributed by atoms with Gasteiger partial charge in [-0.2, -0.15) is 5.26 Å². The minimum Gasteiger partial charge on any atom is -0.366 e. The Kier molecular flexibility index (Phi) is 7.58. The van der Waals surface area contributed by atoms with E-state index in [1.165, 1.54) is 11.3 Å². The molecule has 1 aliphatic heterocycles. The molecule has 35 heavy (non-hydrogen) atoms. The molecule has 8 heteroatoms. The number of fused-ring (bicyclic) bond motifs is 1. The van der Waals surface area contributed by atoms with Crippen LogP contribution < -0.4 is 10.5 Å². The van der Waals surface area contributed by atoms with Crippen molar-refractivity contribution in [3.8, 4) is 6.07 Å². The van der Waals surface area contributed by atoms with Crippen LogP contribution in [0.25, 0.3) is 11.0 Å². The number of nitrogens with zero attached hydrogens (tertiary/aromatic N) is 5. The minimum atomic E-state index is -0.348. The van der Waals surface area contributed by atoms with Gasteiger partial charge in [0.25, 0.3) is 11.5 Å². The maximum Gasteiger partial charge on any atom is 0.272 e. The van der Waals surface area contributed by atoms with Crippen molar-refractivity contribution in [1.82, 2.24) is 14.5 Å². The molecule has 0 N–H and O–H groups in total. The highest BCUT2D eigenvalue weighted by molar-refractivity contribution is 7.12. The molecule has 7 nitrogen and oxygen atoms in total. The number of hydrogen-bond donors (Lipinski definition) is 0. The highest BCUT2D eigenvalue weighted by Gasteiger charge is 2.27. The van der Waals surface area contributed by atoms with E-state index in [2.05, 4.69) is 11.1 Å². The van der Waals surface area contributed by atoms with Gasteiger partial charge in [0.1, 0.15) is 17.3 Å². The number of amides is 1. The number of pyridine rings is 2. The van der Waals surface area contributed by atoms with Gasteiger partial charge in [0.2, 0.25) is 0 Å². The van der Waals surface area contributed by atoms with E-state index in [4.69, 9.17) is 0 Å². The Hall–Kier alpha value is -3.96. The zero-order chi connectivity index (χ0) is 24.8. The number of anilines is 1. The number of nitriles is 1. The molecule has 0 atom stereocenters. The van der Waals surface area contributed by atoms with Gasteiger partial charge in [0.15, 0.2) is 0 Å².